The molecule has 0 saturated heterocycles. The van der Waals surface area contributed by atoms with E-state index in [-0.39, 0.29) is 6.61 Å². The van der Waals surface area contributed by atoms with Crippen molar-refractivity contribution in [2.24, 2.45) is 0 Å². The van der Waals surface area contributed by atoms with Crippen LogP contribution in [0.4, 0.5) is 0 Å². The number of esters is 1. The van der Waals surface area contributed by atoms with Gasteiger partial charge in [-0.05, 0) is 78.6 Å². The van der Waals surface area contributed by atoms with Gasteiger partial charge in [0.25, 0.3) is 0 Å². The lowest BCUT2D eigenvalue weighted by atomic mass is 9.77. The van der Waals surface area contributed by atoms with Crippen LogP contribution in [0.1, 0.15) is 87.5 Å². The molecule has 4 aromatic carbocycles. The summed E-state index contributed by atoms with van der Waals surface area (Å²) in [5.41, 5.74) is 2.68. The first-order chi connectivity index (χ1) is 26.1. The van der Waals surface area contributed by atoms with E-state index in [0.717, 1.165) is 53.2 Å². The third kappa shape index (κ3) is 9.82. The predicted molar refractivity (Wildman–Crippen MR) is 207 cm³/mol. The maximum Gasteiger partial charge on any atom is 0.336 e. The minimum absolute atomic E-state index is 0.226. The van der Waals surface area contributed by atoms with Crippen molar-refractivity contribution >= 4 is 18.1 Å². The van der Waals surface area contributed by atoms with Gasteiger partial charge in [-0.2, -0.15) is 4.89 Å². The largest absolute Gasteiger partial charge is 0.494 e. The molecular formula is C45H50O8. The Morgan fingerprint density at radius 1 is 0.660 bits per heavy atom. The minimum Gasteiger partial charge on any atom is -0.494 e. The normalized spacial score (nSPS) is 15.7. The summed E-state index contributed by atoms with van der Waals surface area (Å²) < 4.78 is 30.0. The molecule has 1 unspecified atom stereocenters. The molecule has 0 saturated carbocycles. The Hall–Kier alpha value is -5.21. The summed E-state index contributed by atoms with van der Waals surface area (Å²) in [4.78, 5) is 24.7. The molecule has 0 radical (unpaired) electrons. The number of unbranched alkanes of at least 4 members (excludes halogenated alkanes) is 6. The number of ether oxygens (including phenoxy) is 5. The molecule has 2 aliphatic rings. The molecule has 0 bridgehead atoms. The highest BCUT2D eigenvalue weighted by Crippen LogP contribution is 2.56. The smallest absolute Gasteiger partial charge is 0.336 e. The van der Waals surface area contributed by atoms with Gasteiger partial charge in [-0.25, -0.2) is 4.79 Å². The third-order valence-electron chi connectivity index (χ3n) is 9.42. The van der Waals surface area contributed by atoms with Crippen molar-refractivity contribution in [3.8, 4) is 34.5 Å². The zero-order valence-corrected chi connectivity index (χ0v) is 30.9. The Bertz CT molecular complexity index is 1820. The number of hydrogen-bond donors (Lipinski definition) is 0. The van der Waals surface area contributed by atoms with Crippen molar-refractivity contribution in [3.05, 3.63) is 119 Å². The van der Waals surface area contributed by atoms with Gasteiger partial charge >= 0.3 is 5.97 Å². The molecule has 2 aliphatic heterocycles. The topological polar surface area (TPSA) is 81.7 Å². The number of benzene rings is 4. The maximum atomic E-state index is 13.1. The van der Waals surface area contributed by atoms with Gasteiger partial charge in [0.15, 0.2) is 5.75 Å². The fraction of sp³-hybridized carbons (Fsp3) is 0.356. The van der Waals surface area contributed by atoms with Crippen molar-refractivity contribution in [2.75, 3.05) is 33.0 Å². The van der Waals surface area contributed by atoms with Crippen LogP contribution in [0.2, 0.25) is 0 Å². The second-order valence-electron chi connectivity index (χ2n) is 13.4. The van der Waals surface area contributed by atoms with Crippen LogP contribution in [0.5, 0.6) is 34.5 Å². The van der Waals surface area contributed by atoms with Crippen molar-refractivity contribution in [2.45, 2.75) is 70.6 Å². The number of carbonyl (C=O) groups is 1. The summed E-state index contributed by atoms with van der Waals surface area (Å²) in [6, 6.07) is 26.7. The van der Waals surface area contributed by atoms with Crippen molar-refractivity contribution in [1.29, 1.82) is 0 Å². The van der Waals surface area contributed by atoms with Crippen LogP contribution in [0.3, 0.4) is 0 Å². The van der Waals surface area contributed by atoms with Gasteiger partial charge in [-0.15, -0.1) is 0 Å². The molecule has 2 heterocycles. The SMILES string of the molecule is CCCCCCOc1ccc(C=CCOOc2cccc3c2C2(CO3)COc3cccc(OC(=O)C=Cc4ccc(OCCCCCC)cc4)c32)cc1. The molecule has 1 spiro atoms. The molecule has 6 rings (SSSR count). The van der Waals surface area contributed by atoms with Crippen molar-refractivity contribution in [1.82, 2.24) is 0 Å². The van der Waals surface area contributed by atoms with E-state index in [1.54, 1.807) is 12.1 Å². The first kappa shape index (κ1) is 37.5. The van der Waals surface area contributed by atoms with Gasteiger partial charge < -0.3 is 28.6 Å². The molecule has 4 aromatic rings. The van der Waals surface area contributed by atoms with E-state index in [2.05, 4.69) is 13.8 Å². The Balaban J connectivity index is 1.06. The minimum atomic E-state index is -0.757. The van der Waals surface area contributed by atoms with Crippen LogP contribution in [0.25, 0.3) is 12.2 Å². The first-order valence-corrected chi connectivity index (χ1v) is 18.9. The van der Waals surface area contributed by atoms with Crippen LogP contribution in [0.15, 0.2) is 97.1 Å². The van der Waals surface area contributed by atoms with Crippen molar-refractivity contribution in [3.63, 3.8) is 0 Å². The number of hydrogen-bond acceptors (Lipinski definition) is 8. The monoisotopic (exact) mass is 718 g/mol. The lowest BCUT2D eigenvalue weighted by Crippen LogP contribution is -2.32. The van der Waals surface area contributed by atoms with E-state index in [1.165, 1.54) is 44.6 Å². The fourth-order valence-corrected chi connectivity index (χ4v) is 6.63. The molecule has 53 heavy (non-hydrogen) atoms. The molecule has 0 aliphatic carbocycles. The lowest BCUT2D eigenvalue weighted by molar-refractivity contribution is -0.196. The second-order valence-corrected chi connectivity index (χ2v) is 13.4. The second kappa shape index (κ2) is 19.0. The van der Waals surface area contributed by atoms with Gasteiger partial charge in [-0.1, -0.05) is 101 Å². The highest BCUT2D eigenvalue weighted by Gasteiger charge is 2.53. The maximum absolute atomic E-state index is 13.1. The Labute approximate surface area is 313 Å². The van der Waals surface area contributed by atoms with E-state index < -0.39 is 11.4 Å². The molecule has 8 heteroatoms. The lowest BCUT2D eigenvalue weighted by Gasteiger charge is -2.23. The Morgan fingerprint density at radius 2 is 1.21 bits per heavy atom. The van der Waals surface area contributed by atoms with Crippen molar-refractivity contribution < 1.29 is 38.3 Å². The molecule has 8 nitrogen and oxygen atoms in total. The summed E-state index contributed by atoms with van der Waals surface area (Å²) in [5, 5.41) is 0. The van der Waals surface area contributed by atoms with Gasteiger partial charge in [-0.3, -0.25) is 0 Å². The van der Waals surface area contributed by atoms with Gasteiger partial charge in [0, 0.05) is 6.08 Å². The summed E-state index contributed by atoms with van der Waals surface area (Å²) in [7, 11) is 0. The average molecular weight is 719 g/mol. The molecule has 0 amide bonds. The van der Waals surface area contributed by atoms with E-state index in [9.17, 15) is 4.79 Å². The fourth-order valence-electron chi connectivity index (χ4n) is 6.63. The summed E-state index contributed by atoms with van der Waals surface area (Å²) >= 11 is 0. The molecule has 1 atom stereocenters. The van der Waals surface area contributed by atoms with E-state index in [4.69, 9.17) is 33.5 Å². The summed E-state index contributed by atoms with van der Waals surface area (Å²) in [5.74, 6) is 3.41. The molecule has 0 N–H and O–H groups in total. The molecule has 0 fully saturated rings. The van der Waals surface area contributed by atoms with Crippen LogP contribution in [0, 0.1) is 0 Å². The number of carbonyl (C=O) groups excluding carboxylic acids is 1. The van der Waals surface area contributed by atoms with E-state index >= 15 is 0 Å². The zero-order chi connectivity index (χ0) is 36.7. The molecular weight excluding hydrogens is 668 g/mol. The predicted octanol–water partition coefficient (Wildman–Crippen LogP) is 10.3. The quantitative estimate of drug-likeness (QED) is 0.0223. The Morgan fingerprint density at radius 3 is 1.79 bits per heavy atom. The highest BCUT2D eigenvalue weighted by atomic mass is 17.2. The van der Waals surface area contributed by atoms with E-state index in [1.807, 2.05) is 91.0 Å². The standard InChI is InChI=1S/C45H50O8/c1-3-5-7-9-29-47-36-24-19-34(20-25-36)14-13-31-51-53-41-18-12-16-39-44(41)45(33-50-39)32-49-38-15-11-17-40(43(38)45)52-42(46)28-23-35-21-26-37(27-22-35)48-30-10-8-6-4-2/h11-28H,3-10,29-33H2,1-2H3. The van der Waals surface area contributed by atoms with Crippen LogP contribution in [-0.4, -0.2) is 39.0 Å². The Kier molecular flexibility index (Phi) is 13.5. The van der Waals surface area contributed by atoms with Crippen LogP contribution >= 0.6 is 0 Å². The first-order valence-electron chi connectivity index (χ1n) is 18.9. The van der Waals surface area contributed by atoms with Crippen LogP contribution in [-0.2, 0) is 15.1 Å². The van der Waals surface area contributed by atoms with Gasteiger partial charge in [0.1, 0.15) is 54.0 Å². The molecule has 278 valence electrons. The molecule has 0 aromatic heterocycles. The highest BCUT2D eigenvalue weighted by molar-refractivity contribution is 5.89. The number of fused-ring (bicyclic) bond motifs is 4. The third-order valence-corrected chi connectivity index (χ3v) is 9.42. The average Bonchev–Trinajstić information content (AvgIpc) is 3.76. The van der Waals surface area contributed by atoms with Gasteiger partial charge in [0.2, 0.25) is 0 Å². The van der Waals surface area contributed by atoms with E-state index in [0.29, 0.717) is 42.8 Å². The summed E-state index contributed by atoms with van der Waals surface area (Å²) in [6.45, 7) is 6.66. The number of rotatable bonds is 20. The zero-order valence-electron chi connectivity index (χ0n) is 30.9. The summed E-state index contributed by atoms with van der Waals surface area (Å²) in [6.07, 6.45) is 16.4. The van der Waals surface area contributed by atoms with Crippen LogP contribution < -0.4 is 28.6 Å². The van der Waals surface area contributed by atoms with Gasteiger partial charge in [0.05, 0.1) is 24.3 Å².